The van der Waals surface area contributed by atoms with Gasteiger partial charge in [-0.2, -0.15) is 13.7 Å². The first kappa shape index (κ1) is 13.7. The number of rotatable bonds is 4. The van der Waals surface area contributed by atoms with E-state index < -0.39 is 27.9 Å². The normalized spacial score (nSPS) is 30.1. The van der Waals surface area contributed by atoms with E-state index in [1.165, 1.54) is 0 Å². The van der Waals surface area contributed by atoms with Crippen LogP contribution in [0, 0.1) is 0 Å². The molecule has 16 heavy (non-hydrogen) atoms. The molecule has 1 aliphatic rings. The molecule has 9 heteroatoms. The molecule has 0 radical (unpaired) electrons. The molecule has 0 bridgehead atoms. The van der Waals surface area contributed by atoms with Crippen molar-refractivity contribution in [2.75, 3.05) is 0 Å². The summed E-state index contributed by atoms with van der Waals surface area (Å²) in [7, 11) is -4.58. The molecule has 0 aromatic heterocycles. The number of alkyl halides is 2. The van der Waals surface area contributed by atoms with Crippen LogP contribution in [0.4, 0.5) is 17.8 Å². The Labute approximate surface area is 90.1 Å². The molecule has 0 amide bonds. The van der Waals surface area contributed by atoms with Crippen LogP contribution >= 0.6 is 0 Å². The molecule has 0 spiro atoms. The van der Waals surface area contributed by atoms with E-state index in [4.69, 9.17) is 0 Å². The summed E-state index contributed by atoms with van der Waals surface area (Å²) < 4.78 is 64.8. The van der Waals surface area contributed by atoms with Crippen LogP contribution < -0.4 is 0 Å². The van der Waals surface area contributed by atoms with E-state index in [1.807, 2.05) is 0 Å². The maximum atomic E-state index is 12.2. The summed E-state index contributed by atoms with van der Waals surface area (Å²) in [5.74, 6) is -3.51. The van der Waals surface area contributed by atoms with Gasteiger partial charge in [0, 0.05) is 0 Å². The smallest absolute Gasteiger partial charge is 0.212 e. The Bertz CT molecular complexity index is 324. The van der Waals surface area contributed by atoms with Gasteiger partial charge in [0.15, 0.2) is 0 Å². The molecule has 96 valence electrons. The highest BCUT2D eigenvalue weighted by atomic mass is 32.2. The fourth-order valence-corrected chi connectivity index (χ4v) is 2.34. The average Bonchev–Trinajstić information content (AvgIpc) is 2.29. The standard InChI is InChI=1S/C7H11F4NO3S/c8-7(9)16(13,15-11)12-5-1-3-6(14-10)4-2-5/h5-7H,1-4H2. The Kier molecular flexibility index (Phi) is 4.93. The third-order valence-electron chi connectivity index (χ3n) is 2.38. The van der Waals surface area contributed by atoms with E-state index in [1.54, 1.807) is 0 Å². The van der Waals surface area contributed by atoms with E-state index in [2.05, 4.69) is 13.7 Å². The summed E-state index contributed by atoms with van der Waals surface area (Å²) in [5, 5.41) is 0. The molecule has 0 aromatic carbocycles. The summed E-state index contributed by atoms with van der Waals surface area (Å²) in [4.78, 5) is 3.58. The molecule has 0 saturated heterocycles. The van der Waals surface area contributed by atoms with Crippen molar-refractivity contribution in [3.8, 4) is 0 Å². The van der Waals surface area contributed by atoms with Crippen molar-refractivity contribution in [1.82, 2.24) is 0 Å². The summed E-state index contributed by atoms with van der Waals surface area (Å²) >= 11 is 0. The number of halogens is 4. The molecule has 0 aliphatic heterocycles. The average molecular weight is 265 g/mol. The minimum atomic E-state index is -4.58. The highest BCUT2D eigenvalue weighted by Crippen LogP contribution is 2.26. The second-order valence-corrected chi connectivity index (χ2v) is 5.19. The Balaban J connectivity index is 2.67. The van der Waals surface area contributed by atoms with Gasteiger partial charge in [-0.1, -0.05) is 4.39 Å². The van der Waals surface area contributed by atoms with Crippen LogP contribution in [0.5, 0.6) is 0 Å². The Morgan fingerprint density at radius 2 is 1.75 bits per heavy atom. The molecule has 0 heterocycles. The molecule has 1 saturated carbocycles. The summed E-state index contributed by atoms with van der Waals surface area (Å²) in [5.41, 5.74) is 0. The lowest BCUT2D eigenvalue weighted by Crippen LogP contribution is -2.24. The molecule has 0 aromatic rings. The van der Waals surface area contributed by atoms with Crippen LogP contribution in [0.25, 0.3) is 0 Å². The van der Waals surface area contributed by atoms with Crippen LogP contribution in [0.3, 0.4) is 0 Å². The first-order valence-corrected chi connectivity index (χ1v) is 6.13. The van der Waals surface area contributed by atoms with Gasteiger partial charge in [-0.25, -0.2) is 8.57 Å². The third-order valence-corrected chi connectivity index (χ3v) is 3.60. The molecular weight excluding hydrogens is 254 g/mol. The van der Waals surface area contributed by atoms with E-state index in [-0.39, 0.29) is 25.7 Å². The first-order valence-electron chi connectivity index (χ1n) is 4.62. The summed E-state index contributed by atoms with van der Waals surface area (Å²) in [6.45, 7) is 0. The van der Waals surface area contributed by atoms with Crippen molar-refractivity contribution >= 4 is 10.0 Å². The zero-order valence-corrected chi connectivity index (χ0v) is 8.97. The summed E-state index contributed by atoms with van der Waals surface area (Å²) in [6, 6.07) is -0.719. The molecule has 0 N–H and O–H groups in total. The van der Waals surface area contributed by atoms with E-state index in [0.29, 0.717) is 0 Å². The first-order chi connectivity index (χ1) is 7.51. The van der Waals surface area contributed by atoms with Crippen LogP contribution in [0.15, 0.2) is 4.36 Å². The molecule has 1 unspecified atom stereocenters. The van der Waals surface area contributed by atoms with Gasteiger partial charge in [0.05, 0.1) is 12.1 Å². The van der Waals surface area contributed by atoms with E-state index in [0.717, 1.165) is 0 Å². The van der Waals surface area contributed by atoms with E-state index in [9.17, 15) is 22.0 Å². The second kappa shape index (κ2) is 5.78. The molecule has 1 rings (SSSR count). The lowest BCUT2D eigenvalue weighted by Gasteiger charge is -2.23. The monoisotopic (exact) mass is 265 g/mol. The van der Waals surface area contributed by atoms with Gasteiger partial charge in [0.2, 0.25) is 0 Å². The topological polar surface area (TPSA) is 47.9 Å². The van der Waals surface area contributed by atoms with Crippen LogP contribution in [0.2, 0.25) is 0 Å². The highest BCUT2D eigenvalue weighted by Gasteiger charge is 2.29. The van der Waals surface area contributed by atoms with Gasteiger partial charge in [-0.05, 0) is 34.7 Å². The molecule has 1 aliphatic carbocycles. The van der Waals surface area contributed by atoms with Crippen LogP contribution in [-0.2, 0) is 19.3 Å². The van der Waals surface area contributed by atoms with Gasteiger partial charge in [-0.15, -0.1) is 0 Å². The molecule has 4 nitrogen and oxygen atoms in total. The van der Waals surface area contributed by atoms with Gasteiger partial charge >= 0.3 is 5.76 Å². The SMILES string of the molecule is O=S(=NC1CCC(OF)CC1)(OF)C(F)F. The van der Waals surface area contributed by atoms with Crippen LogP contribution in [0.1, 0.15) is 25.7 Å². The lowest BCUT2D eigenvalue weighted by atomic mass is 9.94. The predicted octanol–water partition coefficient (Wildman–Crippen LogP) is 2.71. The maximum Gasteiger partial charge on any atom is 0.345 e. The predicted molar refractivity (Wildman–Crippen MR) is 47.0 cm³/mol. The van der Waals surface area contributed by atoms with Gasteiger partial charge in [0.25, 0.3) is 10.0 Å². The molecule has 1 fully saturated rings. The minimum absolute atomic E-state index is 0.210. The van der Waals surface area contributed by atoms with Crippen molar-refractivity contribution in [2.24, 2.45) is 4.36 Å². The largest absolute Gasteiger partial charge is 0.345 e. The molecular formula is C7H11F4NO3S. The highest BCUT2D eigenvalue weighted by molar-refractivity contribution is 7.89. The van der Waals surface area contributed by atoms with Crippen molar-refractivity contribution in [2.45, 2.75) is 43.6 Å². The fourth-order valence-electron chi connectivity index (χ4n) is 1.54. The fraction of sp³-hybridized carbons (Fsp3) is 1.00. The van der Waals surface area contributed by atoms with Crippen molar-refractivity contribution in [3.63, 3.8) is 0 Å². The van der Waals surface area contributed by atoms with Crippen molar-refractivity contribution in [1.29, 1.82) is 0 Å². The Hall–Kier alpha value is -0.410. The van der Waals surface area contributed by atoms with Gasteiger partial charge < -0.3 is 0 Å². The minimum Gasteiger partial charge on any atom is -0.212 e. The van der Waals surface area contributed by atoms with Crippen molar-refractivity contribution in [3.05, 3.63) is 0 Å². The zero-order valence-electron chi connectivity index (χ0n) is 8.15. The summed E-state index contributed by atoms with van der Waals surface area (Å²) in [6.07, 6.45) is 0.342. The van der Waals surface area contributed by atoms with Crippen LogP contribution in [-0.4, -0.2) is 22.1 Å². The number of nitrogens with zero attached hydrogens (tertiary/aromatic N) is 1. The van der Waals surface area contributed by atoms with E-state index >= 15 is 0 Å². The third kappa shape index (κ3) is 3.29. The van der Waals surface area contributed by atoms with Crippen molar-refractivity contribution < 1.29 is 31.4 Å². The second-order valence-electron chi connectivity index (χ2n) is 3.46. The maximum absolute atomic E-state index is 12.2. The zero-order chi connectivity index (χ0) is 12.2. The Morgan fingerprint density at radius 3 is 2.12 bits per heavy atom. The van der Waals surface area contributed by atoms with Gasteiger partial charge in [0.1, 0.15) is 0 Å². The quantitative estimate of drug-likeness (QED) is 0.734. The number of hydrogen-bond donors (Lipinski definition) is 0. The molecule has 1 atom stereocenters. The van der Waals surface area contributed by atoms with Gasteiger partial charge in [-0.3, -0.25) is 0 Å². The lowest BCUT2D eigenvalue weighted by molar-refractivity contribution is -0.187. The Morgan fingerprint density at radius 1 is 1.19 bits per heavy atom. The number of hydrogen-bond acceptors (Lipinski definition) is 4.